The Morgan fingerprint density at radius 3 is 1.86 bits per heavy atom. The molecule has 10 atom stereocenters. The second kappa shape index (κ2) is 8.85. The van der Waals surface area contributed by atoms with Crippen LogP contribution >= 0.6 is 0 Å². The number of aliphatic hydroxyl groups excluding tert-OH is 6. The monoisotopic (exact) mass is 424 g/mol. The first-order valence-electron chi connectivity index (χ1n) is 8.97. The molecule has 2 unspecified atom stereocenters. The minimum Gasteiger partial charge on any atom is -0.394 e. The topological polar surface area (TPSA) is 223 Å². The Morgan fingerprint density at radius 2 is 1.41 bits per heavy atom. The highest BCUT2D eigenvalue weighted by atomic mass is 16.7. The first-order valence-corrected chi connectivity index (χ1v) is 8.97. The third kappa shape index (κ3) is 4.03. The SMILES string of the molecule is CC(=O)N(C(C)=O)[C@@H]1[C@@H](O)[C@H](O)[C@@H](CO)OC1(O)C1O[C@H](CO)[C@@H](O)[C@H](O)[C@H]1N. The molecule has 0 aromatic carbocycles. The van der Waals surface area contributed by atoms with Gasteiger partial charge in [-0.2, -0.15) is 0 Å². The Bertz CT molecular complexity index is 606. The minimum absolute atomic E-state index is 0.433. The van der Waals surface area contributed by atoms with E-state index >= 15 is 0 Å². The van der Waals surface area contributed by atoms with Crippen LogP contribution < -0.4 is 5.73 Å². The van der Waals surface area contributed by atoms with E-state index in [1.54, 1.807) is 0 Å². The smallest absolute Gasteiger partial charge is 0.226 e. The van der Waals surface area contributed by atoms with E-state index in [1.165, 1.54) is 0 Å². The van der Waals surface area contributed by atoms with Gasteiger partial charge < -0.3 is 51.0 Å². The number of ether oxygens (including phenoxy) is 2. The molecule has 13 heteroatoms. The molecular formula is C16H28N2O11. The number of nitrogens with zero attached hydrogens (tertiary/aromatic N) is 1. The molecule has 0 aromatic heterocycles. The maximum atomic E-state index is 12.1. The number of imide groups is 1. The van der Waals surface area contributed by atoms with Gasteiger partial charge in [0.05, 0.1) is 19.3 Å². The quantitative estimate of drug-likeness (QED) is 0.211. The van der Waals surface area contributed by atoms with E-state index in [0.29, 0.717) is 4.90 Å². The lowest BCUT2D eigenvalue weighted by atomic mass is 9.80. The fraction of sp³-hybridized carbons (Fsp3) is 0.875. The maximum Gasteiger partial charge on any atom is 0.226 e. The van der Waals surface area contributed by atoms with E-state index in [9.17, 15) is 45.3 Å². The second-order valence-corrected chi connectivity index (χ2v) is 7.26. The second-order valence-electron chi connectivity index (χ2n) is 7.26. The molecule has 0 aliphatic carbocycles. The van der Waals surface area contributed by atoms with Gasteiger partial charge in [-0.05, 0) is 0 Å². The molecule has 9 N–H and O–H groups in total. The average molecular weight is 424 g/mol. The van der Waals surface area contributed by atoms with Crippen LogP contribution in [0.2, 0.25) is 0 Å². The van der Waals surface area contributed by atoms with Gasteiger partial charge in [0.2, 0.25) is 17.6 Å². The Labute approximate surface area is 165 Å². The third-order valence-corrected chi connectivity index (χ3v) is 5.34. The van der Waals surface area contributed by atoms with Gasteiger partial charge in [0.1, 0.15) is 48.8 Å². The molecule has 2 saturated heterocycles. The Hall–Kier alpha value is -1.26. The zero-order valence-electron chi connectivity index (χ0n) is 15.9. The summed E-state index contributed by atoms with van der Waals surface area (Å²) in [6, 6.07) is -3.52. The van der Waals surface area contributed by atoms with Crippen molar-refractivity contribution in [3.8, 4) is 0 Å². The molecule has 29 heavy (non-hydrogen) atoms. The van der Waals surface area contributed by atoms with E-state index in [0.717, 1.165) is 13.8 Å². The fourth-order valence-electron chi connectivity index (χ4n) is 3.88. The summed E-state index contributed by atoms with van der Waals surface area (Å²) < 4.78 is 10.8. The molecule has 2 heterocycles. The third-order valence-electron chi connectivity index (χ3n) is 5.34. The highest BCUT2D eigenvalue weighted by Gasteiger charge is 2.64. The molecular weight excluding hydrogens is 396 g/mol. The van der Waals surface area contributed by atoms with Crippen molar-refractivity contribution in [1.29, 1.82) is 0 Å². The van der Waals surface area contributed by atoms with Crippen LogP contribution in [0.4, 0.5) is 0 Å². The number of hydrogen-bond acceptors (Lipinski definition) is 12. The summed E-state index contributed by atoms with van der Waals surface area (Å²) in [5, 5.41) is 71.2. The van der Waals surface area contributed by atoms with Gasteiger partial charge in [-0.25, -0.2) is 0 Å². The van der Waals surface area contributed by atoms with Gasteiger partial charge in [-0.3, -0.25) is 14.5 Å². The summed E-state index contributed by atoms with van der Waals surface area (Å²) in [6.07, 6.45) is -11.9. The molecule has 0 bridgehead atoms. The average Bonchev–Trinajstić information content (AvgIpc) is 2.65. The molecule has 2 aliphatic heterocycles. The molecule has 168 valence electrons. The molecule has 0 saturated carbocycles. The summed E-state index contributed by atoms with van der Waals surface area (Å²) >= 11 is 0. The van der Waals surface area contributed by atoms with Crippen LogP contribution in [-0.2, 0) is 19.1 Å². The van der Waals surface area contributed by atoms with E-state index in [-0.39, 0.29) is 0 Å². The van der Waals surface area contributed by atoms with Gasteiger partial charge in [-0.1, -0.05) is 0 Å². The van der Waals surface area contributed by atoms with E-state index < -0.39 is 85.6 Å². The number of aliphatic hydroxyl groups is 7. The van der Waals surface area contributed by atoms with Gasteiger partial charge in [0.15, 0.2) is 0 Å². The summed E-state index contributed by atoms with van der Waals surface area (Å²) in [5.74, 6) is -4.65. The molecule has 2 amide bonds. The Morgan fingerprint density at radius 1 is 0.931 bits per heavy atom. The van der Waals surface area contributed by atoms with Gasteiger partial charge >= 0.3 is 0 Å². The normalized spacial score (nSPS) is 45.7. The lowest BCUT2D eigenvalue weighted by Crippen LogP contribution is -2.79. The molecule has 0 spiro atoms. The zero-order chi connectivity index (χ0) is 22.3. The zero-order valence-corrected chi connectivity index (χ0v) is 15.9. The predicted octanol–water partition coefficient (Wildman–Crippen LogP) is -5.64. The molecule has 13 nitrogen and oxygen atoms in total. The van der Waals surface area contributed by atoms with E-state index in [2.05, 4.69) is 0 Å². The summed E-state index contributed by atoms with van der Waals surface area (Å²) in [6.45, 7) is 0.273. The minimum atomic E-state index is -2.82. The van der Waals surface area contributed by atoms with Gasteiger partial charge in [-0.15, -0.1) is 0 Å². The van der Waals surface area contributed by atoms with Gasteiger partial charge in [0, 0.05) is 13.8 Å². The number of rotatable bonds is 4. The van der Waals surface area contributed by atoms with Crippen molar-refractivity contribution in [2.45, 2.75) is 74.4 Å². The van der Waals surface area contributed by atoms with Crippen LogP contribution in [0.25, 0.3) is 0 Å². The summed E-state index contributed by atoms with van der Waals surface area (Å²) in [4.78, 5) is 24.6. The van der Waals surface area contributed by atoms with Crippen molar-refractivity contribution in [3.05, 3.63) is 0 Å². The van der Waals surface area contributed by atoms with Crippen LogP contribution in [0.3, 0.4) is 0 Å². The lowest BCUT2D eigenvalue weighted by molar-refractivity contribution is -0.381. The highest BCUT2D eigenvalue weighted by Crippen LogP contribution is 2.39. The van der Waals surface area contributed by atoms with Crippen LogP contribution in [0.15, 0.2) is 0 Å². The number of nitrogens with two attached hydrogens (primary N) is 1. The van der Waals surface area contributed by atoms with Crippen molar-refractivity contribution < 1.29 is 54.8 Å². The Kier molecular flexibility index (Phi) is 7.33. The van der Waals surface area contributed by atoms with Crippen LogP contribution in [0.1, 0.15) is 13.8 Å². The largest absolute Gasteiger partial charge is 0.394 e. The number of hydrogen-bond donors (Lipinski definition) is 8. The van der Waals surface area contributed by atoms with E-state index in [1.807, 2.05) is 0 Å². The van der Waals surface area contributed by atoms with Crippen molar-refractivity contribution in [2.75, 3.05) is 13.2 Å². The van der Waals surface area contributed by atoms with Crippen molar-refractivity contribution in [1.82, 2.24) is 4.90 Å². The highest BCUT2D eigenvalue weighted by molar-refractivity contribution is 5.93. The molecule has 0 radical (unpaired) electrons. The van der Waals surface area contributed by atoms with Crippen molar-refractivity contribution in [2.24, 2.45) is 5.73 Å². The van der Waals surface area contributed by atoms with Crippen molar-refractivity contribution in [3.63, 3.8) is 0 Å². The summed E-state index contributed by atoms with van der Waals surface area (Å²) in [5.41, 5.74) is 5.88. The number of carbonyl (C=O) groups excluding carboxylic acids is 2. The summed E-state index contributed by atoms with van der Waals surface area (Å²) in [7, 11) is 0. The molecule has 2 fully saturated rings. The van der Waals surface area contributed by atoms with Crippen molar-refractivity contribution >= 4 is 11.8 Å². The number of amides is 2. The first kappa shape index (κ1) is 24.0. The predicted molar refractivity (Wildman–Crippen MR) is 91.6 cm³/mol. The first-order chi connectivity index (χ1) is 13.4. The van der Waals surface area contributed by atoms with E-state index in [4.69, 9.17) is 15.2 Å². The lowest BCUT2D eigenvalue weighted by Gasteiger charge is -2.56. The Balaban J connectivity index is 2.60. The standard InChI is InChI=1S/C16H28N2O11/c1-5(21)18(6(2)22)14-13(26)11(24)8(4-20)29-16(14,27)15-9(17)12(25)10(23)7(3-19)28-15/h7-15,19-20,23-27H,3-4,17H2,1-2H3/t7-,8-,9-,10-,11-,12-,13+,14-,15?,16?/m1/s1. The molecule has 2 rings (SSSR count). The maximum absolute atomic E-state index is 12.1. The van der Waals surface area contributed by atoms with Crippen LogP contribution in [0, 0.1) is 0 Å². The van der Waals surface area contributed by atoms with Gasteiger partial charge in [0.25, 0.3) is 0 Å². The number of carbonyl (C=O) groups is 2. The molecule has 2 aliphatic rings. The van der Waals surface area contributed by atoms with Crippen LogP contribution in [-0.4, -0.2) is 126 Å². The molecule has 0 aromatic rings. The van der Waals surface area contributed by atoms with Crippen LogP contribution in [0.5, 0.6) is 0 Å². The fourth-order valence-corrected chi connectivity index (χ4v) is 3.88.